The van der Waals surface area contributed by atoms with E-state index in [0.29, 0.717) is 11.1 Å². The third kappa shape index (κ3) is 1.86. The predicted molar refractivity (Wildman–Crippen MR) is 49.9 cm³/mol. The second kappa shape index (κ2) is 3.74. The second-order valence-electron chi connectivity index (χ2n) is 2.65. The summed E-state index contributed by atoms with van der Waals surface area (Å²) in [5, 5.41) is 18.0. The third-order valence-corrected chi connectivity index (χ3v) is 1.77. The zero-order valence-electron chi connectivity index (χ0n) is 7.07. The summed E-state index contributed by atoms with van der Waals surface area (Å²) in [5.41, 5.74) is 6.63. The molecule has 0 amide bonds. The van der Waals surface area contributed by atoms with Crippen LogP contribution in [-0.2, 0) is 0 Å². The Bertz CT molecular complexity index is 366. The lowest BCUT2D eigenvalue weighted by Crippen LogP contribution is -2.06. The van der Waals surface area contributed by atoms with E-state index in [-0.39, 0.29) is 5.75 Å². The van der Waals surface area contributed by atoms with Crippen molar-refractivity contribution < 1.29 is 5.11 Å². The lowest BCUT2D eigenvalue weighted by atomic mass is 10.0. The Kier molecular flexibility index (Phi) is 2.68. The number of phenols is 1. The van der Waals surface area contributed by atoms with Gasteiger partial charge in [-0.2, -0.15) is 5.26 Å². The number of hydrogen-bond acceptors (Lipinski definition) is 3. The Labute approximate surface area is 76.7 Å². The minimum atomic E-state index is -0.437. The van der Waals surface area contributed by atoms with Crippen molar-refractivity contribution in [3.63, 3.8) is 0 Å². The summed E-state index contributed by atoms with van der Waals surface area (Å²) in [5.74, 6) is 0.0893. The maximum Gasteiger partial charge on any atom is 0.120 e. The average molecular weight is 174 g/mol. The van der Waals surface area contributed by atoms with E-state index in [1.165, 1.54) is 18.2 Å². The summed E-state index contributed by atoms with van der Waals surface area (Å²) >= 11 is 0. The van der Waals surface area contributed by atoms with Crippen LogP contribution in [0.1, 0.15) is 17.2 Å². The molecule has 1 aromatic rings. The van der Waals surface area contributed by atoms with E-state index in [4.69, 9.17) is 11.0 Å². The highest BCUT2D eigenvalue weighted by Crippen LogP contribution is 2.23. The molecule has 0 heterocycles. The standard InChI is InChI=1S/C10H10N2O/c1-2-9(12)8-5-7(6-11)3-4-10(8)13/h2-5,9,13H,1,12H2/t9-/m0/s1. The van der Waals surface area contributed by atoms with Crippen LogP contribution >= 0.6 is 0 Å². The van der Waals surface area contributed by atoms with Crippen molar-refractivity contribution >= 4 is 0 Å². The molecule has 0 spiro atoms. The number of rotatable bonds is 2. The summed E-state index contributed by atoms with van der Waals surface area (Å²) in [6, 6.07) is 6.08. The number of nitriles is 1. The number of hydrogen-bond donors (Lipinski definition) is 2. The molecule has 0 saturated carbocycles. The summed E-state index contributed by atoms with van der Waals surface area (Å²) in [6.07, 6.45) is 1.51. The number of benzene rings is 1. The van der Waals surface area contributed by atoms with Gasteiger partial charge in [0.1, 0.15) is 5.75 Å². The van der Waals surface area contributed by atoms with Crippen molar-refractivity contribution in [2.24, 2.45) is 5.73 Å². The second-order valence-corrected chi connectivity index (χ2v) is 2.65. The molecule has 0 aromatic heterocycles. The van der Waals surface area contributed by atoms with Crippen molar-refractivity contribution in [1.82, 2.24) is 0 Å². The van der Waals surface area contributed by atoms with Gasteiger partial charge in [0.15, 0.2) is 0 Å². The van der Waals surface area contributed by atoms with Gasteiger partial charge < -0.3 is 10.8 Å². The first-order chi connectivity index (χ1) is 6.19. The topological polar surface area (TPSA) is 70.0 Å². The Morgan fingerprint density at radius 2 is 2.31 bits per heavy atom. The summed E-state index contributed by atoms with van der Waals surface area (Å²) in [4.78, 5) is 0. The molecule has 0 unspecified atom stereocenters. The van der Waals surface area contributed by atoms with E-state index < -0.39 is 6.04 Å². The first kappa shape index (κ1) is 9.30. The molecule has 0 aliphatic rings. The van der Waals surface area contributed by atoms with Gasteiger partial charge in [0.05, 0.1) is 17.7 Å². The highest BCUT2D eigenvalue weighted by atomic mass is 16.3. The molecule has 13 heavy (non-hydrogen) atoms. The van der Waals surface area contributed by atoms with Gasteiger partial charge in [0.25, 0.3) is 0 Å². The maximum absolute atomic E-state index is 9.39. The fourth-order valence-corrected chi connectivity index (χ4v) is 1.02. The predicted octanol–water partition coefficient (Wildman–Crippen LogP) is 1.45. The van der Waals surface area contributed by atoms with Gasteiger partial charge >= 0.3 is 0 Å². The summed E-state index contributed by atoms with van der Waals surface area (Å²) in [6.45, 7) is 3.51. The molecule has 0 bridgehead atoms. The minimum Gasteiger partial charge on any atom is -0.508 e. The van der Waals surface area contributed by atoms with Crippen molar-refractivity contribution in [1.29, 1.82) is 5.26 Å². The molecule has 66 valence electrons. The van der Waals surface area contributed by atoms with Crippen LogP contribution in [0.5, 0.6) is 5.75 Å². The fourth-order valence-electron chi connectivity index (χ4n) is 1.02. The molecular weight excluding hydrogens is 164 g/mol. The van der Waals surface area contributed by atoms with Crippen molar-refractivity contribution in [3.05, 3.63) is 42.0 Å². The van der Waals surface area contributed by atoms with Crippen LogP contribution in [0.2, 0.25) is 0 Å². The van der Waals surface area contributed by atoms with Crippen LogP contribution in [0, 0.1) is 11.3 Å². The van der Waals surface area contributed by atoms with Gasteiger partial charge in [-0.3, -0.25) is 0 Å². The van der Waals surface area contributed by atoms with E-state index >= 15 is 0 Å². The van der Waals surface area contributed by atoms with Crippen LogP contribution in [0.4, 0.5) is 0 Å². The van der Waals surface area contributed by atoms with Gasteiger partial charge in [0.2, 0.25) is 0 Å². The van der Waals surface area contributed by atoms with Crippen LogP contribution in [-0.4, -0.2) is 5.11 Å². The van der Waals surface area contributed by atoms with Gasteiger partial charge in [-0.1, -0.05) is 6.08 Å². The van der Waals surface area contributed by atoms with Crippen LogP contribution in [0.3, 0.4) is 0 Å². The first-order valence-corrected chi connectivity index (χ1v) is 3.80. The number of nitrogens with two attached hydrogens (primary N) is 1. The number of phenolic OH excluding ortho intramolecular Hbond substituents is 1. The molecule has 1 atom stereocenters. The zero-order chi connectivity index (χ0) is 9.84. The van der Waals surface area contributed by atoms with Gasteiger partial charge in [0, 0.05) is 5.56 Å². The molecule has 0 fully saturated rings. The largest absolute Gasteiger partial charge is 0.508 e. The highest BCUT2D eigenvalue weighted by molar-refractivity contribution is 5.43. The van der Waals surface area contributed by atoms with Gasteiger partial charge in [-0.15, -0.1) is 6.58 Å². The first-order valence-electron chi connectivity index (χ1n) is 3.80. The van der Waals surface area contributed by atoms with Crippen molar-refractivity contribution in [2.75, 3.05) is 0 Å². The van der Waals surface area contributed by atoms with Crippen molar-refractivity contribution in [3.8, 4) is 11.8 Å². The maximum atomic E-state index is 9.39. The Morgan fingerprint density at radius 3 is 2.85 bits per heavy atom. The molecule has 0 aliphatic heterocycles. The SMILES string of the molecule is C=C[C@H](N)c1cc(C#N)ccc1O. The monoisotopic (exact) mass is 174 g/mol. The van der Waals surface area contributed by atoms with Gasteiger partial charge in [-0.25, -0.2) is 0 Å². The number of nitrogens with zero attached hydrogens (tertiary/aromatic N) is 1. The molecular formula is C10H10N2O. The fraction of sp³-hybridized carbons (Fsp3) is 0.100. The molecule has 0 aliphatic carbocycles. The lowest BCUT2D eigenvalue weighted by Gasteiger charge is -2.08. The van der Waals surface area contributed by atoms with Crippen LogP contribution in [0.25, 0.3) is 0 Å². The quantitative estimate of drug-likeness (QED) is 0.666. The van der Waals surface area contributed by atoms with E-state index in [1.54, 1.807) is 6.07 Å². The molecule has 3 N–H and O–H groups in total. The van der Waals surface area contributed by atoms with E-state index in [0.717, 1.165) is 0 Å². The zero-order valence-corrected chi connectivity index (χ0v) is 7.07. The lowest BCUT2D eigenvalue weighted by molar-refractivity contribution is 0.466. The molecule has 3 nitrogen and oxygen atoms in total. The highest BCUT2D eigenvalue weighted by Gasteiger charge is 2.07. The third-order valence-electron chi connectivity index (χ3n) is 1.77. The average Bonchev–Trinajstić information content (AvgIpc) is 2.17. The molecule has 0 radical (unpaired) electrons. The van der Waals surface area contributed by atoms with Gasteiger partial charge in [-0.05, 0) is 18.2 Å². The Hall–Kier alpha value is -1.79. The van der Waals surface area contributed by atoms with Crippen LogP contribution in [0.15, 0.2) is 30.9 Å². The number of aromatic hydroxyl groups is 1. The summed E-state index contributed by atoms with van der Waals surface area (Å²) in [7, 11) is 0. The molecule has 1 rings (SSSR count). The molecule has 3 heteroatoms. The van der Waals surface area contributed by atoms with E-state index in [9.17, 15) is 5.11 Å². The van der Waals surface area contributed by atoms with E-state index in [1.807, 2.05) is 6.07 Å². The molecule has 0 saturated heterocycles. The minimum absolute atomic E-state index is 0.0893. The normalized spacial score (nSPS) is 11.7. The van der Waals surface area contributed by atoms with Crippen LogP contribution < -0.4 is 5.73 Å². The Morgan fingerprint density at radius 1 is 1.62 bits per heavy atom. The Balaban J connectivity index is 3.20. The van der Waals surface area contributed by atoms with Crippen molar-refractivity contribution in [2.45, 2.75) is 6.04 Å². The summed E-state index contributed by atoms with van der Waals surface area (Å²) < 4.78 is 0. The smallest absolute Gasteiger partial charge is 0.120 e. The van der Waals surface area contributed by atoms with E-state index in [2.05, 4.69) is 6.58 Å². The molecule has 1 aromatic carbocycles.